The van der Waals surface area contributed by atoms with E-state index < -0.39 is 5.91 Å². The van der Waals surface area contributed by atoms with Crippen LogP contribution in [0, 0.1) is 17.8 Å². The van der Waals surface area contributed by atoms with Gasteiger partial charge in [-0.15, -0.1) is 0 Å². The highest BCUT2D eigenvalue weighted by Crippen LogP contribution is 2.48. The number of rotatable bonds is 4. The first kappa shape index (κ1) is 13.9. The molecular weight excluding hydrogens is 254 g/mol. The molecule has 2 aliphatic carbocycles. The van der Waals surface area contributed by atoms with Gasteiger partial charge in [0.2, 0.25) is 0 Å². The Labute approximate surface area is 120 Å². The molecule has 3 rings (SSSR count). The molecule has 0 unspecified atom stereocenters. The van der Waals surface area contributed by atoms with Crippen molar-refractivity contribution in [2.45, 2.75) is 32.1 Å². The number of nitrogens with one attached hydrogen (secondary N) is 2. The molecule has 5 heteroatoms. The van der Waals surface area contributed by atoms with E-state index >= 15 is 0 Å². The van der Waals surface area contributed by atoms with Crippen molar-refractivity contribution < 1.29 is 9.59 Å². The summed E-state index contributed by atoms with van der Waals surface area (Å²) in [6.07, 6.45) is 6.16. The standard InChI is InChI=1S/C15H25N3O2/c19-14(15(20)18-8-1-6-16-7-9-18)17-10-13(11-2-3-11)12-4-5-12/h11-13,16H,1-10H2,(H,17,19). The van der Waals surface area contributed by atoms with Crippen LogP contribution in [0.3, 0.4) is 0 Å². The second-order valence-corrected chi connectivity index (χ2v) is 6.44. The zero-order valence-corrected chi connectivity index (χ0v) is 12.1. The molecule has 1 saturated heterocycles. The molecule has 1 aliphatic heterocycles. The first-order valence-corrected chi connectivity index (χ1v) is 8.03. The zero-order chi connectivity index (χ0) is 13.9. The van der Waals surface area contributed by atoms with E-state index in [9.17, 15) is 9.59 Å². The summed E-state index contributed by atoms with van der Waals surface area (Å²) in [6, 6.07) is 0. The normalized spacial score (nSPS) is 23.6. The van der Waals surface area contributed by atoms with E-state index in [0.717, 1.165) is 31.3 Å². The molecule has 0 atom stereocenters. The predicted octanol–water partition coefficient (Wildman–Crippen LogP) is 0.361. The van der Waals surface area contributed by atoms with Crippen LogP contribution in [0.1, 0.15) is 32.1 Å². The fraction of sp³-hybridized carbons (Fsp3) is 0.867. The fourth-order valence-electron chi connectivity index (χ4n) is 3.25. The Balaban J connectivity index is 1.46. The zero-order valence-electron chi connectivity index (χ0n) is 12.1. The van der Waals surface area contributed by atoms with Gasteiger partial charge in [0, 0.05) is 26.2 Å². The predicted molar refractivity (Wildman–Crippen MR) is 76.0 cm³/mol. The van der Waals surface area contributed by atoms with Gasteiger partial charge in [0.15, 0.2) is 0 Å². The van der Waals surface area contributed by atoms with E-state index in [1.54, 1.807) is 4.90 Å². The molecule has 2 saturated carbocycles. The molecule has 2 amide bonds. The Kier molecular flexibility index (Phi) is 4.24. The summed E-state index contributed by atoms with van der Waals surface area (Å²) in [5.41, 5.74) is 0. The van der Waals surface area contributed by atoms with E-state index in [2.05, 4.69) is 10.6 Å². The second kappa shape index (κ2) is 6.12. The van der Waals surface area contributed by atoms with Gasteiger partial charge in [0.05, 0.1) is 0 Å². The van der Waals surface area contributed by atoms with Crippen molar-refractivity contribution in [2.24, 2.45) is 17.8 Å². The number of carbonyl (C=O) groups is 2. The SMILES string of the molecule is O=C(NCC(C1CC1)C1CC1)C(=O)N1CCCNCC1. The molecule has 20 heavy (non-hydrogen) atoms. The van der Waals surface area contributed by atoms with Gasteiger partial charge in [0.25, 0.3) is 0 Å². The Morgan fingerprint density at radius 3 is 2.45 bits per heavy atom. The lowest BCUT2D eigenvalue weighted by molar-refractivity contribution is -0.145. The molecule has 1 heterocycles. The molecule has 2 N–H and O–H groups in total. The maximum absolute atomic E-state index is 12.1. The van der Waals surface area contributed by atoms with Gasteiger partial charge in [-0.2, -0.15) is 0 Å². The number of hydrogen-bond acceptors (Lipinski definition) is 3. The molecule has 0 aromatic heterocycles. The van der Waals surface area contributed by atoms with Crippen molar-refractivity contribution in [1.29, 1.82) is 0 Å². The van der Waals surface area contributed by atoms with Crippen LogP contribution in [0.4, 0.5) is 0 Å². The minimum atomic E-state index is -0.404. The van der Waals surface area contributed by atoms with E-state index in [1.807, 2.05) is 0 Å². The maximum atomic E-state index is 12.1. The van der Waals surface area contributed by atoms with Crippen molar-refractivity contribution in [3.63, 3.8) is 0 Å². The van der Waals surface area contributed by atoms with Gasteiger partial charge in [0.1, 0.15) is 0 Å². The van der Waals surface area contributed by atoms with Gasteiger partial charge in [-0.1, -0.05) is 0 Å². The lowest BCUT2D eigenvalue weighted by atomic mass is 9.98. The molecule has 3 fully saturated rings. The smallest absolute Gasteiger partial charge is 0.311 e. The molecular formula is C15H25N3O2. The van der Waals surface area contributed by atoms with Gasteiger partial charge >= 0.3 is 11.8 Å². The minimum absolute atomic E-state index is 0.348. The summed E-state index contributed by atoms with van der Waals surface area (Å²) >= 11 is 0. The number of hydrogen-bond donors (Lipinski definition) is 2. The summed E-state index contributed by atoms with van der Waals surface area (Å²) < 4.78 is 0. The van der Waals surface area contributed by atoms with Crippen LogP contribution in [-0.4, -0.2) is 49.4 Å². The number of amides is 2. The van der Waals surface area contributed by atoms with Crippen molar-refractivity contribution in [3.8, 4) is 0 Å². The largest absolute Gasteiger partial charge is 0.348 e. The summed E-state index contributed by atoms with van der Waals surface area (Å²) in [5, 5.41) is 6.13. The van der Waals surface area contributed by atoms with Crippen molar-refractivity contribution >= 4 is 11.8 Å². The Hall–Kier alpha value is -1.10. The lowest BCUT2D eigenvalue weighted by Gasteiger charge is -2.21. The molecule has 3 aliphatic rings. The van der Waals surface area contributed by atoms with Gasteiger partial charge in [-0.25, -0.2) is 0 Å². The van der Waals surface area contributed by atoms with E-state index in [-0.39, 0.29) is 5.91 Å². The van der Waals surface area contributed by atoms with Crippen LogP contribution in [0.15, 0.2) is 0 Å². The minimum Gasteiger partial charge on any atom is -0.348 e. The Bertz CT molecular complexity index is 357. The van der Waals surface area contributed by atoms with E-state index in [1.165, 1.54) is 25.7 Å². The molecule has 0 aromatic rings. The van der Waals surface area contributed by atoms with Crippen LogP contribution in [0.5, 0.6) is 0 Å². The molecule has 0 aromatic carbocycles. The van der Waals surface area contributed by atoms with E-state index in [4.69, 9.17) is 0 Å². The molecule has 0 spiro atoms. The summed E-state index contributed by atoms with van der Waals surface area (Å²) in [4.78, 5) is 25.8. The molecule has 0 radical (unpaired) electrons. The quantitative estimate of drug-likeness (QED) is 0.731. The Morgan fingerprint density at radius 1 is 1.10 bits per heavy atom. The summed E-state index contributed by atoms with van der Waals surface area (Å²) in [7, 11) is 0. The molecule has 5 nitrogen and oxygen atoms in total. The third-order valence-corrected chi connectivity index (χ3v) is 4.77. The van der Waals surface area contributed by atoms with E-state index in [0.29, 0.717) is 25.6 Å². The first-order chi connectivity index (χ1) is 9.75. The average Bonchev–Trinajstić information content (AvgIpc) is 3.33. The second-order valence-electron chi connectivity index (χ2n) is 6.44. The number of nitrogens with zero attached hydrogens (tertiary/aromatic N) is 1. The topological polar surface area (TPSA) is 61.4 Å². The average molecular weight is 279 g/mol. The highest BCUT2D eigenvalue weighted by Gasteiger charge is 2.41. The monoisotopic (exact) mass is 279 g/mol. The molecule has 0 bridgehead atoms. The third kappa shape index (κ3) is 3.51. The van der Waals surface area contributed by atoms with Crippen molar-refractivity contribution in [1.82, 2.24) is 15.5 Å². The molecule has 112 valence electrons. The highest BCUT2D eigenvalue weighted by molar-refractivity contribution is 6.35. The summed E-state index contributed by atoms with van der Waals surface area (Å²) in [5.74, 6) is 1.48. The summed E-state index contributed by atoms with van der Waals surface area (Å²) in [6.45, 7) is 3.74. The van der Waals surface area contributed by atoms with Crippen LogP contribution in [0.25, 0.3) is 0 Å². The van der Waals surface area contributed by atoms with Gasteiger partial charge in [-0.3, -0.25) is 9.59 Å². The maximum Gasteiger partial charge on any atom is 0.311 e. The fourth-order valence-corrected chi connectivity index (χ4v) is 3.25. The van der Waals surface area contributed by atoms with Gasteiger partial charge < -0.3 is 15.5 Å². The van der Waals surface area contributed by atoms with Crippen LogP contribution >= 0.6 is 0 Å². The van der Waals surface area contributed by atoms with Crippen LogP contribution in [-0.2, 0) is 9.59 Å². The highest BCUT2D eigenvalue weighted by atomic mass is 16.2. The number of carbonyl (C=O) groups excluding carboxylic acids is 2. The van der Waals surface area contributed by atoms with Crippen LogP contribution < -0.4 is 10.6 Å². The van der Waals surface area contributed by atoms with Crippen LogP contribution in [0.2, 0.25) is 0 Å². The third-order valence-electron chi connectivity index (χ3n) is 4.77. The van der Waals surface area contributed by atoms with Crippen molar-refractivity contribution in [2.75, 3.05) is 32.7 Å². The van der Waals surface area contributed by atoms with Gasteiger partial charge in [-0.05, 0) is 56.4 Å². The van der Waals surface area contributed by atoms with Crippen molar-refractivity contribution in [3.05, 3.63) is 0 Å². The Morgan fingerprint density at radius 2 is 1.80 bits per heavy atom. The lowest BCUT2D eigenvalue weighted by Crippen LogP contribution is -2.45. The first-order valence-electron chi connectivity index (χ1n) is 8.03.